The van der Waals surface area contributed by atoms with E-state index in [9.17, 15) is 24.4 Å². The lowest BCUT2D eigenvalue weighted by atomic mass is 10.1. The topological polar surface area (TPSA) is 277 Å². The number of anilines is 2. The molecule has 7 N–H and O–H groups in total. The molecule has 24 heteroatoms. The number of imidazole rings is 1. The third-order valence-electron chi connectivity index (χ3n) is 7.44. The fraction of sp³-hybridized carbons (Fsp3) is 0.476. The van der Waals surface area contributed by atoms with Gasteiger partial charge in [-0.2, -0.15) is 9.97 Å². The van der Waals surface area contributed by atoms with Crippen molar-refractivity contribution in [3.63, 3.8) is 0 Å². The molecule has 3 aliphatic rings. The van der Waals surface area contributed by atoms with E-state index in [0.29, 0.717) is 0 Å². The zero-order valence-electron chi connectivity index (χ0n) is 22.5. The molecule has 0 amide bonds. The van der Waals surface area contributed by atoms with Crippen molar-refractivity contribution in [1.82, 2.24) is 34.1 Å². The normalized spacial score (nSPS) is 37.7. The van der Waals surface area contributed by atoms with Crippen molar-refractivity contribution in [2.45, 2.75) is 49.1 Å². The van der Waals surface area contributed by atoms with Gasteiger partial charge in [0, 0.05) is 6.20 Å². The van der Waals surface area contributed by atoms with Crippen LogP contribution in [-0.2, 0) is 36.7 Å². The molecule has 7 heterocycles. The van der Waals surface area contributed by atoms with E-state index in [0.717, 1.165) is 6.33 Å². The summed E-state index contributed by atoms with van der Waals surface area (Å²) in [6.45, 7) is -9.78. The Kier molecular flexibility index (Phi) is 7.78. The second kappa shape index (κ2) is 11.3. The third kappa shape index (κ3) is 5.57. The van der Waals surface area contributed by atoms with Crippen LogP contribution in [0.5, 0.6) is 5.88 Å². The van der Waals surface area contributed by atoms with Crippen LogP contribution in [0.15, 0.2) is 24.9 Å². The minimum Gasteiger partial charge on any atom is -0.493 e. The van der Waals surface area contributed by atoms with Gasteiger partial charge >= 0.3 is 13.6 Å². The Hall–Kier alpha value is -2.59. The summed E-state index contributed by atoms with van der Waals surface area (Å²) >= 11 is 8.16. The molecule has 3 unspecified atom stereocenters. The van der Waals surface area contributed by atoms with E-state index in [2.05, 4.69) is 49.4 Å². The molecular weight excluding hydrogens is 680 g/mol. The highest BCUT2D eigenvalue weighted by Crippen LogP contribution is 2.60. The number of aliphatic hydroxyl groups excluding tert-OH is 2. The summed E-state index contributed by atoms with van der Waals surface area (Å²) < 4.78 is 64.0. The van der Waals surface area contributed by atoms with Crippen LogP contribution in [0.4, 0.5) is 11.8 Å². The average molecular weight is 706 g/mol. The molecule has 3 aliphatic heterocycles. The van der Waals surface area contributed by atoms with Crippen LogP contribution in [0.2, 0.25) is 0 Å². The summed E-state index contributed by atoms with van der Waals surface area (Å²) in [4.78, 5) is 20.0. The maximum Gasteiger partial charge on any atom is 0.386 e. The van der Waals surface area contributed by atoms with E-state index in [-0.39, 0.29) is 39.8 Å². The van der Waals surface area contributed by atoms with Crippen LogP contribution in [-0.4, -0.2) is 99.2 Å². The Morgan fingerprint density at radius 2 is 1.56 bits per heavy atom. The molecule has 3 fully saturated rings. The lowest BCUT2D eigenvalue weighted by Crippen LogP contribution is -2.35. The Balaban J connectivity index is 1.20. The van der Waals surface area contributed by atoms with Gasteiger partial charge in [-0.05, 0) is 6.07 Å². The Bertz CT molecular complexity index is 1880. The maximum atomic E-state index is 13.5. The standard InChI is InChI=1S/C21H25N9O11P2S2/c22-15-10-17(28-21(23)27-15)30(6-26-10)19-12(32)13-9(39-19)4-37-43(35,45)41-14-11(31)8(3-36-42(34,44)40-13)38-20(14)29-2-1-7-16(29)24-5-25-18(7)33/h1-2,5-6,8-9,11-14,19-20,31-32H,3-4H2,(H,34,44)(H,35,45)(H,24,25,33)(H4,22,23,27,28)/t8-,9?,11-,12-,13-,14-,19-,20-,42?,43?/m1/s1. The Morgan fingerprint density at radius 1 is 0.867 bits per heavy atom. The molecule has 20 nitrogen and oxygen atoms in total. The van der Waals surface area contributed by atoms with Crippen molar-refractivity contribution < 1.29 is 52.0 Å². The van der Waals surface area contributed by atoms with Crippen LogP contribution in [0.1, 0.15) is 12.5 Å². The number of aromatic hydroxyl groups is 1. The number of nitrogen functional groups attached to an aromatic ring is 2. The zero-order chi connectivity index (χ0) is 31.8. The lowest BCUT2D eigenvalue weighted by molar-refractivity contribution is -0.0574. The molecule has 4 aromatic rings. The van der Waals surface area contributed by atoms with Crippen LogP contribution < -0.4 is 11.5 Å². The molecule has 242 valence electrons. The van der Waals surface area contributed by atoms with Gasteiger partial charge in [0.2, 0.25) is 11.8 Å². The summed E-state index contributed by atoms with van der Waals surface area (Å²) in [6.07, 6.45) is -7.00. The van der Waals surface area contributed by atoms with Gasteiger partial charge in [0.1, 0.15) is 54.1 Å². The Morgan fingerprint density at radius 3 is 2.31 bits per heavy atom. The van der Waals surface area contributed by atoms with Crippen molar-refractivity contribution in [3.05, 3.63) is 24.9 Å². The second-order valence-corrected chi connectivity index (χ2v) is 16.0. The maximum absolute atomic E-state index is 13.5. The number of ether oxygens (including phenoxy) is 2. The predicted octanol–water partition coefficient (Wildman–Crippen LogP) is 0.551. The summed E-state index contributed by atoms with van der Waals surface area (Å²) in [7, 11) is 0. The van der Waals surface area contributed by atoms with Crippen molar-refractivity contribution in [2.24, 2.45) is 0 Å². The van der Waals surface area contributed by atoms with Crippen LogP contribution in [0, 0.1) is 0 Å². The first kappa shape index (κ1) is 31.0. The van der Waals surface area contributed by atoms with E-state index in [4.69, 9.17) is 39.0 Å². The number of thiol groups is 2. The highest BCUT2D eigenvalue weighted by Gasteiger charge is 2.53. The molecule has 4 aromatic heterocycles. The molecule has 0 radical (unpaired) electrons. The van der Waals surface area contributed by atoms with Crippen LogP contribution in [0.25, 0.3) is 22.2 Å². The van der Waals surface area contributed by atoms with E-state index >= 15 is 0 Å². The quantitative estimate of drug-likeness (QED) is 0.111. The summed E-state index contributed by atoms with van der Waals surface area (Å²) in [5, 5.41) is 32.8. The van der Waals surface area contributed by atoms with Gasteiger partial charge < -0.3 is 40.8 Å². The molecule has 0 aliphatic carbocycles. The molecule has 45 heavy (non-hydrogen) atoms. The average Bonchev–Trinajstić information content (AvgIpc) is 3.72. The van der Waals surface area contributed by atoms with Crippen molar-refractivity contribution in [2.75, 3.05) is 24.7 Å². The molecule has 0 spiro atoms. The molecule has 10 atom stereocenters. The number of nitrogens with two attached hydrogens (primary N) is 2. The fourth-order valence-electron chi connectivity index (χ4n) is 5.42. The van der Waals surface area contributed by atoms with E-state index in [1.165, 1.54) is 27.7 Å². The lowest BCUT2D eigenvalue weighted by Gasteiger charge is -2.26. The third-order valence-corrected chi connectivity index (χ3v) is 10.7. The first-order chi connectivity index (χ1) is 21.3. The number of aromatic nitrogens is 7. The molecule has 2 bridgehead atoms. The van der Waals surface area contributed by atoms with Crippen molar-refractivity contribution >= 4 is 72.1 Å². The largest absolute Gasteiger partial charge is 0.493 e. The molecule has 7 rings (SSSR count). The molecule has 0 aromatic carbocycles. The van der Waals surface area contributed by atoms with Gasteiger partial charge in [-0.15, -0.1) is 0 Å². The monoisotopic (exact) mass is 705 g/mol. The SMILES string of the molecule is Nc1nc(N)c2ncn([C@@H]3OC4COP(=O)(S)O[C@@H]5[C@H](O)[C@@H](COP(=O)(S)O[C@H]4[C@H]3O)O[C@H]5n3ccc4c(O)ncnc43)c2n1. The predicted molar refractivity (Wildman–Crippen MR) is 158 cm³/mol. The molecule has 3 saturated heterocycles. The first-order valence-electron chi connectivity index (χ1n) is 13.1. The smallest absolute Gasteiger partial charge is 0.386 e. The summed E-state index contributed by atoms with van der Waals surface area (Å²) in [5.74, 6) is -0.475. The van der Waals surface area contributed by atoms with E-state index in [1.807, 2.05) is 0 Å². The van der Waals surface area contributed by atoms with Gasteiger partial charge in [0.15, 0.2) is 23.9 Å². The van der Waals surface area contributed by atoms with Crippen LogP contribution in [0.3, 0.4) is 0 Å². The minimum atomic E-state index is -4.34. The van der Waals surface area contributed by atoms with Gasteiger partial charge in [-0.1, -0.05) is 24.5 Å². The van der Waals surface area contributed by atoms with Crippen molar-refractivity contribution in [1.29, 1.82) is 0 Å². The van der Waals surface area contributed by atoms with E-state index < -0.39 is 75.9 Å². The number of rotatable bonds is 2. The summed E-state index contributed by atoms with van der Waals surface area (Å²) in [5.41, 5.74) is 12.1. The highest BCUT2D eigenvalue weighted by atomic mass is 32.7. The number of aliphatic hydroxyl groups is 2. The minimum absolute atomic E-state index is 0.0122. The second-order valence-electron chi connectivity index (χ2n) is 10.2. The highest BCUT2D eigenvalue weighted by molar-refractivity contribution is 8.44. The number of fused-ring (bicyclic) bond motifs is 5. The number of hydrogen-bond acceptors (Lipinski definition) is 18. The number of hydrogen-bond donors (Lipinski definition) is 7. The van der Waals surface area contributed by atoms with Gasteiger partial charge in [0.25, 0.3) is 0 Å². The van der Waals surface area contributed by atoms with Crippen LogP contribution >= 0.6 is 38.1 Å². The van der Waals surface area contributed by atoms with E-state index in [1.54, 1.807) is 0 Å². The summed E-state index contributed by atoms with van der Waals surface area (Å²) in [6, 6.07) is 1.50. The zero-order valence-corrected chi connectivity index (χ0v) is 26.1. The van der Waals surface area contributed by atoms with Gasteiger partial charge in [-0.3, -0.25) is 22.7 Å². The molecular formula is C21H25N9O11P2S2. The number of nitrogens with zero attached hydrogens (tertiary/aromatic N) is 7. The Labute approximate surface area is 262 Å². The van der Waals surface area contributed by atoms with Crippen molar-refractivity contribution in [3.8, 4) is 5.88 Å². The molecule has 0 saturated carbocycles. The van der Waals surface area contributed by atoms with Gasteiger partial charge in [-0.25, -0.2) is 24.1 Å². The fourth-order valence-corrected chi connectivity index (χ4v) is 8.37. The first-order valence-corrected chi connectivity index (χ1v) is 18.5. The van der Waals surface area contributed by atoms with Gasteiger partial charge in [0.05, 0.1) is 24.9 Å².